The Morgan fingerprint density at radius 2 is 2.00 bits per heavy atom. The number of aryl methyl sites for hydroxylation is 1. The number of carbonyl (C=O) groups excluding carboxylic acids is 1. The van der Waals surface area contributed by atoms with Gasteiger partial charge in [-0.3, -0.25) is 4.79 Å². The second kappa shape index (κ2) is 4.64. The van der Waals surface area contributed by atoms with E-state index in [-0.39, 0.29) is 17.5 Å². The quantitative estimate of drug-likeness (QED) is 0.888. The molecular weight excluding hydrogens is 236 g/mol. The standard InChI is InChI=1S/C16H24N2O/c1-10(2)12-8-6-7-11(3)15(12)18-14(19)9-13(17)16(18,4)5/h6-8,10,13H,9,17H2,1-5H3. The number of anilines is 1. The van der Waals surface area contributed by atoms with Gasteiger partial charge in [0, 0.05) is 12.5 Å². The molecule has 2 rings (SSSR count). The molecule has 3 nitrogen and oxygen atoms in total. The fraction of sp³-hybridized carbons (Fsp3) is 0.562. The zero-order valence-electron chi connectivity index (χ0n) is 12.5. The normalized spacial score (nSPS) is 22.4. The Bertz CT molecular complexity index is 505. The van der Waals surface area contributed by atoms with Crippen molar-refractivity contribution in [3.63, 3.8) is 0 Å². The van der Waals surface area contributed by atoms with Crippen molar-refractivity contribution >= 4 is 11.6 Å². The van der Waals surface area contributed by atoms with Crippen LogP contribution in [0, 0.1) is 6.92 Å². The molecule has 1 saturated heterocycles. The average Bonchev–Trinajstić information content (AvgIpc) is 2.49. The molecule has 1 heterocycles. The Morgan fingerprint density at radius 1 is 1.37 bits per heavy atom. The number of carbonyl (C=O) groups is 1. The molecule has 1 fully saturated rings. The molecule has 1 aromatic carbocycles. The van der Waals surface area contributed by atoms with Crippen molar-refractivity contribution in [1.82, 2.24) is 0 Å². The van der Waals surface area contributed by atoms with Gasteiger partial charge in [0.15, 0.2) is 0 Å². The summed E-state index contributed by atoms with van der Waals surface area (Å²) in [5.41, 5.74) is 9.23. The lowest BCUT2D eigenvalue weighted by Crippen LogP contribution is -2.50. The van der Waals surface area contributed by atoms with Crippen LogP contribution >= 0.6 is 0 Å². The highest BCUT2D eigenvalue weighted by atomic mass is 16.2. The third-order valence-electron chi connectivity index (χ3n) is 4.24. The molecule has 3 heteroatoms. The van der Waals surface area contributed by atoms with Crippen LogP contribution in [0.3, 0.4) is 0 Å². The number of benzene rings is 1. The average molecular weight is 260 g/mol. The molecule has 104 valence electrons. The number of hydrogen-bond acceptors (Lipinski definition) is 2. The minimum atomic E-state index is -0.327. The Labute approximate surface area is 115 Å². The lowest BCUT2D eigenvalue weighted by molar-refractivity contribution is -0.117. The summed E-state index contributed by atoms with van der Waals surface area (Å²) in [6.07, 6.45) is 0.429. The minimum Gasteiger partial charge on any atom is -0.325 e. The molecule has 1 amide bonds. The van der Waals surface area contributed by atoms with E-state index in [1.165, 1.54) is 5.56 Å². The van der Waals surface area contributed by atoms with Gasteiger partial charge in [-0.05, 0) is 37.8 Å². The monoisotopic (exact) mass is 260 g/mol. The van der Waals surface area contributed by atoms with Crippen molar-refractivity contribution in [1.29, 1.82) is 0 Å². The maximum atomic E-state index is 12.4. The van der Waals surface area contributed by atoms with E-state index in [1.807, 2.05) is 4.90 Å². The van der Waals surface area contributed by atoms with Gasteiger partial charge in [-0.1, -0.05) is 32.0 Å². The third-order valence-corrected chi connectivity index (χ3v) is 4.24. The van der Waals surface area contributed by atoms with Gasteiger partial charge in [0.1, 0.15) is 0 Å². The molecule has 0 saturated carbocycles. The largest absolute Gasteiger partial charge is 0.325 e. The van der Waals surface area contributed by atoms with E-state index in [4.69, 9.17) is 5.73 Å². The van der Waals surface area contributed by atoms with Crippen LogP contribution in [0.5, 0.6) is 0 Å². The summed E-state index contributed by atoms with van der Waals surface area (Å²) in [6, 6.07) is 6.12. The van der Waals surface area contributed by atoms with Crippen molar-refractivity contribution in [3.05, 3.63) is 29.3 Å². The van der Waals surface area contributed by atoms with Crippen molar-refractivity contribution < 1.29 is 4.79 Å². The van der Waals surface area contributed by atoms with Crippen molar-refractivity contribution in [2.75, 3.05) is 4.90 Å². The molecule has 1 aliphatic heterocycles. The first-order valence-electron chi connectivity index (χ1n) is 6.95. The summed E-state index contributed by atoms with van der Waals surface area (Å²) in [5, 5.41) is 0. The first kappa shape index (κ1) is 14.1. The van der Waals surface area contributed by atoms with Gasteiger partial charge in [0.25, 0.3) is 0 Å². The highest BCUT2D eigenvalue weighted by molar-refractivity contribution is 5.99. The van der Waals surface area contributed by atoms with E-state index in [2.05, 4.69) is 52.8 Å². The molecule has 19 heavy (non-hydrogen) atoms. The number of hydrogen-bond donors (Lipinski definition) is 1. The van der Waals surface area contributed by atoms with E-state index >= 15 is 0 Å². The SMILES string of the molecule is Cc1cccc(C(C)C)c1N1C(=O)CC(N)C1(C)C. The maximum Gasteiger partial charge on any atom is 0.229 e. The summed E-state index contributed by atoms with van der Waals surface area (Å²) in [4.78, 5) is 14.3. The molecule has 0 radical (unpaired) electrons. The summed E-state index contributed by atoms with van der Waals surface area (Å²) in [5.74, 6) is 0.518. The first-order valence-corrected chi connectivity index (χ1v) is 6.95. The molecule has 1 aromatic rings. The minimum absolute atomic E-state index is 0.111. The van der Waals surface area contributed by atoms with Gasteiger partial charge in [-0.15, -0.1) is 0 Å². The molecule has 0 aliphatic carbocycles. The fourth-order valence-electron chi connectivity index (χ4n) is 2.88. The number of rotatable bonds is 2. The van der Waals surface area contributed by atoms with Crippen LogP contribution in [-0.4, -0.2) is 17.5 Å². The zero-order chi connectivity index (χ0) is 14.4. The summed E-state index contributed by atoms with van der Waals surface area (Å²) in [6.45, 7) is 10.5. The second-order valence-electron chi connectivity index (χ2n) is 6.36. The van der Waals surface area contributed by atoms with Crippen LogP contribution in [0.1, 0.15) is 51.2 Å². The molecule has 1 unspecified atom stereocenters. The van der Waals surface area contributed by atoms with Crippen LogP contribution < -0.4 is 10.6 Å². The Morgan fingerprint density at radius 3 is 2.47 bits per heavy atom. The first-order chi connectivity index (χ1) is 8.76. The fourth-order valence-corrected chi connectivity index (χ4v) is 2.88. The van der Waals surface area contributed by atoms with Crippen LogP contribution in [0.2, 0.25) is 0 Å². The lowest BCUT2D eigenvalue weighted by Gasteiger charge is -2.37. The van der Waals surface area contributed by atoms with E-state index in [1.54, 1.807) is 0 Å². The number of nitrogens with two attached hydrogens (primary N) is 1. The van der Waals surface area contributed by atoms with E-state index in [0.29, 0.717) is 12.3 Å². The van der Waals surface area contributed by atoms with Gasteiger partial charge in [-0.25, -0.2) is 0 Å². The predicted molar refractivity (Wildman–Crippen MR) is 79.4 cm³/mol. The highest BCUT2D eigenvalue weighted by Crippen LogP contribution is 2.40. The molecule has 0 bridgehead atoms. The summed E-state index contributed by atoms with van der Waals surface area (Å²) >= 11 is 0. The number of para-hydroxylation sites is 1. The molecular formula is C16H24N2O. The molecule has 1 aliphatic rings. The molecule has 1 atom stereocenters. The van der Waals surface area contributed by atoms with Crippen LogP contribution in [-0.2, 0) is 4.79 Å². The topological polar surface area (TPSA) is 46.3 Å². The second-order valence-corrected chi connectivity index (χ2v) is 6.36. The Kier molecular flexibility index (Phi) is 3.43. The highest BCUT2D eigenvalue weighted by Gasteiger charge is 2.46. The predicted octanol–water partition coefficient (Wildman–Crippen LogP) is 2.96. The van der Waals surface area contributed by atoms with E-state index in [9.17, 15) is 4.79 Å². The maximum absolute atomic E-state index is 12.4. The molecule has 0 aromatic heterocycles. The lowest BCUT2D eigenvalue weighted by atomic mass is 9.92. The summed E-state index contributed by atoms with van der Waals surface area (Å²) < 4.78 is 0. The number of nitrogens with zero attached hydrogens (tertiary/aromatic N) is 1. The van der Waals surface area contributed by atoms with E-state index in [0.717, 1.165) is 11.3 Å². The van der Waals surface area contributed by atoms with Gasteiger partial charge in [0.2, 0.25) is 5.91 Å². The zero-order valence-corrected chi connectivity index (χ0v) is 12.5. The van der Waals surface area contributed by atoms with Gasteiger partial charge in [-0.2, -0.15) is 0 Å². The Hall–Kier alpha value is -1.35. The Balaban J connectivity index is 2.62. The van der Waals surface area contributed by atoms with Crippen molar-refractivity contribution in [3.8, 4) is 0 Å². The molecule has 2 N–H and O–H groups in total. The number of amides is 1. The third kappa shape index (κ3) is 2.16. The van der Waals surface area contributed by atoms with Crippen LogP contribution in [0.4, 0.5) is 5.69 Å². The van der Waals surface area contributed by atoms with Gasteiger partial charge in [0.05, 0.1) is 11.2 Å². The summed E-state index contributed by atoms with van der Waals surface area (Å²) in [7, 11) is 0. The molecule has 0 spiro atoms. The van der Waals surface area contributed by atoms with Crippen molar-refractivity contribution in [2.45, 2.75) is 58.5 Å². The smallest absolute Gasteiger partial charge is 0.229 e. The van der Waals surface area contributed by atoms with Crippen LogP contribution in [0.15, 0.2) is 18.2 Å². The van der Waals surface area contributed by atoms with Gasteiger partial charge >= 0.3 is 0 Å². The van der Waals surface area contributed by atoms with Crippen molar-refractivity contribution in [2.24, 2.45) is 5.73 Å². The van der Waals surface area contributed by atoms with E-state index < -0.39 is 0 Å². The van der Waals surface area contributed by atoms with Gasteiger partial charge < -0.3 is 10.6 Å². The van der Waals surface area contributed by atoms with Crippen LogP contribution in [0.25, 0.3) is 0 Å².